The van der Waals surface area contributed by atoms with Gasteiger partial charge in [-0.3, -0.25) is 4.79 Å². The second kappa shape index (κ2) is 8.61. The van der Waals surface area contributed by atoms with Gasteiger partial charge in [-0.2, -0.15) is 0 Å². The van der Waals surface area contributed by atoms with E-state index in [9.17, 15) is 13.2 Å². The molecule has 1 aliphatic carbocycles. The number of sulfonamides is 1. The lowest BCUT2D eigenvalue weighted by atomic mass is 10.1. The Balaban J connectivity index is 1.92. The third-order valence-electron chi connectivity index (χ3n) is 5.63. The molecule has 1 aromatic rings. The van der Waals surface area contributed by atoms with Gasteiger partial charge in [-0.25, -0.2) is 12.7 Å². The molecule has 27 heavy (non-hydrogen) atoms. The van der Waals surface area contributed by atoms with Crippen molar-refractivity contribution in [1.29, 1.82) is 0 Å². The first-order valence-corrected chi connectivity index (χ1v) is 11.5. The molecule has 0 spiro atoms. The van der Waals surface area contributed by atoms with Crippen molar-refractivity contribution in [3.05, 3.63) is 23.8 Å². The third kappa shape index (κ3) is 4.63. The molecule has 7 heteroatoms. The number of hydrogen-bond donors (Lipinski definition) is 1. The number of carbonyl (C=O) groups is 1. The van der Waals surface area contributed by atoms with Gasteiger partial charge in [-0.1, -0.05) is 25.7 Å². The summed E-state index contributed by atoms with van der Waals surface area (Å²) < 4.78 is 26.3. The topological polar surface area (TPSA) is 69.7 Å². The number of rotatable bonds is 5. The highest BCUT2D eigenvalue weighted by Gasteiger charge is 2.25. The summed E-state index contributed by atoms with van der Waals surface area (Å²) in [6.07, 6.45) is 8.92. The fourth-order valence-corrected chi connectivity index (χ4v) is 4.92. The average molecular weight is 394 g/mol. The highest BCUT2D eigenvalue weighted by Crippen LogP contribution is 2.28. The first-order chi connectivity index (χ1) is 12.9. The lowest BCUT2D eigenvalue weighted by Crippen LogP contribution is -2.36. The molecule has 0 unspecified atom stereocenters. The van der Waals surface area contributed by atoms with E-state index in [4.69, 9.17) is 0 Å². The number of carbonyl (C=O) groups excluding carboxylic acids is 1. The van der Waals surface area contributed by atoms with Crippen molar-refractivity contribution < 1.29 is 13.2 Å². The molecule has 2 aliphatic rings. The van der Waals surface area contributed by atoms with Crippen molar-refractivity contribution in [1.82, 2.24) is 9.62 Å². The van der Waals surface area contributed by atoms with Crippen LogP contribution in [0.1, 0.15) is 61.7 Å². The molecule has 1 amide bonds. The van der Waals surface area contributed by atoms with Crippen molar-refractivity contribution >= 4 is 21.6 Å². The summed E-state index contributed by atoms with van der Waals surface area (Å²) in [7, 11) is -0.559. The smallest absolute Gasteiger partial charge is 0.253 e. The Morgan fingerprint density at radius 3 is 2.26 bits per heavy atom. The van der Waals surface area contributed by atoms with Crippen molar-refractivity contribution in [3.8, 4) is 0 Å². The second-order valence-corrected chi connectivity index (χ2v) is 9.97. The fourth-order valence-electron chi connectivity index (χ4n) is 3.99. The van der Waals surface area contributed by atoms with E-state index in [1.54, 1.807) is 18.2 Å². The molecule has 0 radical (unpaired) electrons. The molecule has 6 nitrogen and oxygen atoms in total. The van der Waals surface area contributed by atoms with E-state index in [0.29, 0.717) is 5.56 Å². The van der Waals surface area contributed by atoms with Gasteiger partial charge in [-0.05, 0) is 43.9 Å². The van der Waals surface area contributed by atoms with Crippen molar-refractivity contribution in [3.63, 3.8) is 0 Å². The summed E-state index contributed by atoms with van der Waals surface area (Å²) >= 11 is 0. The Hall–Kier alpha value is -1.60. The molecule has 3 rings (SSSR count). The summed E-state index contributed by atoms with van der Waals surface area (Å²) in [5, 5.41) is 3.17. The molecule has 1 N–H and O–H groups in total. The van der Waals surface area contributed by atoms with Gasteiger partial charge in [0, 0.05) is 38.9 Å². The molecular weight excluding hydrogens is 362 g/mol. The van der Waals surface area contributed by atoms with Crippen LogP contribution >= 0.6 is 0 Å². The van der Waals surface area contributed by atoms with Gasteiger partial charge in [0.1, 0.15) is 0 Å². The van der Waals surface area contributed by atoms with E-state index < -0.39 is 10.0 Å². The van der Waals surface area contributed by atoms with Crippen molar-refractivity contribution in [2.45, 2.75) is 62.3 Å². The summed E-state index contributed by atoms with van der Waals surface area (Å²) in [5.41, 5.74) is 1.32. The predicted molar refractivity (Wildman–Crippen MR) is 108 cm³/mol. The quantitative estimate of drug-likeness (QED) is 0.781. The number of benzene rings is 1. The highest BCUT2D eigenvalue weighted by atomic mass is 32.2. The number of nitrogens with one attached hydrogen (secondary N) is 1. The van der Waals surface area contributed by atoms with Crippen LogP contribution in [-0.4, -0.2) is 51.9 Å². The van der Waals surface area contributed by atoms with Crippen LogP contribution in [0.5, 0.6) is 0 Å². The summed E-state index contributed by atoms with van der Waals surface area (Å²) in [4.78, 5) is 15.5. The van der Waals surface area contributed by atoms with Gasteiger partial charge in [0.05, 0.1) is 10.5 Å². The lowest BCUT2D eigenvalue weighted by Gasteiger charge is -2.24. The van der Waals surface area contributed by atoms with Crippen LogP contribution in [0.25, 0.3) is 0 Å². The monoisotopic (exact) mass is 393 g/mol. The second-order valence-electron chi connectivity index (χ2n) is 7.82. The number of amides is 1. The zero-order chi connectivity index (χ0) is 19.4. The molecule has 0 bridgehead atoms. The normalized spacial score (nSPS) is 19.3. The molecule has 1 aliphatic heterocycles. The summed E-state index contributed by atoms with van der Waals surface area (Å²) in [6.45, 7) is 1.81. The Bertz CT molecular complexity index is 763. The predicted octanol–water partition coefficient (Wildman–Crippen LogP) is 2.99. The van der Waals surface area contributed by atoms with Crippen LogP contribution in [0.2, 0.25) is 0 Å². The Labute approximate surface area is 163 Å². The molecule has 2 fully saturated rings. The maximum Gasteiger partial charge on any atom is 0.253 e. The molecular formula is C20H31N3O3S. The van der Waals surface area contributed by atoms with Crippen LogP contribution in [0.4, 0.5) is 5.69 Å². The zero-order valence-corrected chi connectivity index (χ0v) is 17.2. The fraction of sp³-hybridized carbons (Fsp3) is 0.650. The minimum atomic E-state index is -3.58. The molecule has 1 saturated carbocycles. The molecule has 1 aromatic carbocycles. The SMILES string of the molecule is CN(C)S(=O)(=O)c1ccc(N2CCCC2)c(C(=O)NC2CCCCCC2)c1. The van der Waals surface area contributed by atoms with E-state index in [1.807, 2.05) is 0 Å². The molecule has 1 heterocycles. The Kier molecular flexibility index (Phi) is 6.42. The first-order valence-electron chi connectivity index (χ1n) is 10.0. The van der Waals surface area contributed by atoms with E-state index >= 15 is 0 Å². The number of hydrogen-bond acceptors (Lipinski definition) is 4. The average Bonchev–Trinajstić information content (AvgIpc) is 3.06. The number of anilines is 1. The molecule has 0 atom stereocenters. The Morgan fingerprint density at radius 1 is 1.04 bits per heavy atom. The van der Waals surface area contributed by atoms with Gasteiger partial charge >= 0.3 is 0 Å². The van der Waals surface area contributed by atoms with Gasteiger partial charge < -0.3 is 10.2 Å². The third-order valence-corrected chi connectivity index (χ3v) is 7.44. The van der Waals surface area contributed by atoms with Crippen LogP contribution < -0.4 is 10.2 Å². The first kappa shape index (κ1) is 20.1. The lowest BCUT2D eigenvalue weighted by molar-refractivity contribution is 0.0933. The molecule has 1 saturated heterocycles. The minimum Gasteiger partial charge on any atom is -0.371 e. The van der Waals surface area contributed by atoms with Crippen LogP contribution in [0, 0.1) is 0 Å². The van der Waals surface area contributed by atoms with E-state index in [0.717, 1.165) is 57.3 Å². The van der Waals surface area contributed by atoms with Gasteiger partial charge in [0.25, 0.3) is 5.91 Å². The molecule has 150 valence electrons. The van der Waals surface area contributed by atoms with Crippen molar-refractivity contribution in [2.75, 3.05) is 32.1 Å². The van der Waals surface area contributed by atoms with E-state index in [-0.39, 0.29) is 16.8 Å². The van der Waals surface area contributed by atoms with Crippen LogP contribution in [-0.2, 0) is 10.0 Å². The standard InChI is InChI=1S/C20H31N3O3S/c1-22(2)27(25,26)17-11-12-19(23-13-7-8-14-23)18(15-17)20(24)21-16-9-5-3-4-6-10-16/h11-12,15-16H,3-10,13-14H2,1-2H3,(H,21,24). The number of nitrogens with zero attached hydrogens (tertiary/aromatic N) is 2. The Morgan fingerprint density at radius 2 is 1.67 bits per heavy atom. The zero-order valence-electron chi connectivity index (χ0n) is 16.4. The van der Waals surface area contributed by atoms with Crippen molar-refractivity contribution in [2.24, 2.45) is 0 Å². The highest BCUT2D eigenvalue weighted by molar-refractivity contribution is 7.89. The maximum absolute atomic E-state index is 13.1. The van der Waals surface area contributed by atoms with Gasteiger partial charge in [0.15, 0.2) is 0 Å². The van der Waals surface area contributed by atoms with Crippen LogP contribution in [0.3, 0.4) is 0 Å². The maximum atomic E-state index is 13.1. The van der Waals surface area contributed by atoms with Gasteiger partial charge in [0.2, 0.25) is 10.0 Å². The van der Waals surface area contributed by atoms with E-state index in [1.165, 1.54) is 31.2 Å². The molecule has 0 aromatic heterocycles. The van der Waals surface area contributed by atoms with Crippen LogP contribution in [0.15, 0.2) is 23.1 Å². The minimum absolute atomic E-state index is 0.153. The van der Waals surface area contributed by atoms with E-state index in [2.05, 4.69) is 10.2 Å². The van der Waals surface area contributed by atoms with Gasteiger partial charge in [-0.15, -0.1) is 0 Å². The summed E-state index contributed by atoms with van der Waals surface area (Å²) in [5.74, 6) is -0.153. The summed E-state index contributed by atoms with van der Waals surface area (Å²) in [6, 6.07) is 5.14. The largest absolute Gasteiger partial charge is 0.371 e.